The van der Waals surface area contributed by atoms with Gasteiger partial charge in [-0.2, -0.15) is 0 Å². The summed E-state index contributed by atoms with van der Waals surface area (Å²) in [7, 11) is 0. The maximum absolute atomic E-state index is 6.44. The molecule has 1 saturated heterocycles. The first-order valence-electron chi connectivity index (χ1n) is 7.29. The van der Waals surface area contributed by atoms with Crippen molar-refractivity contribution in [2.24, 2.45) is 11.7 Å². The highest BCUT2D eigenvalue weighted by molar-refractivity contribution is 9.11. The van der Waals surface area contributed by atoms with E-state index in [0.717, 1.165) is 12.3 Å². The summed E-state index contributed by atoms with van der Waals surface area (Å²) in [4.78, 5) is 4.04. The van der Waals surface area contributed by atoms with Gasteiger partial charge in [0.1, 0.15) is 0 Å². The highest BCUT2D eigenvalue weighted by Crippen LogP contribution is 2.37. The quantitative estimate of drug-likeness (QED) is 0.876. The van der Waals surface area contributed by atoms with Gasteiger partial charge in [-0.15, -0.1) is 11.3 Å². The molecule has 1 fully saturated rings. The molecule has 0 radical (unpaired) electrons. The van der Waals surface area contributed by atoms with Gasteiger partial charge >= 0.3 is 0 Å². The molecule has 0 aromatic carbocycles. The van der Waals surface area contributed by atoms with Crippen LogP contribution in [0.3, 0.4) is 0 Å². The van der Waals surface area contributed by atoms with Gasteiger partial charge in [0.05, 0.1) is 9.83 Å². The van der Waals surface area contributed by atoms with Crippen molar-refractivity contribution >= 4 is 27.3 Å². The highest BCUT2D eigenvalue weighted by Gasteiger charge is 2.33. The first-order chi connectivity index (χ1) is 9.02. The molecule has 0 aliphatic carbocycles. The zero-order valence-electron chi connectivity index (χ0n) is 12.1. The highest BCUT2D eigenvalue weighted by atomic mass is 79.9. The zero-order valence-corrected chi connectivity index (χ0v) is 14.5. The molecular weight excluding hydrogens is 320 g/mol. The van der Waals surface area contributed by atoms with Gasteiger partial charge in [0.25, 0.3) is 0 Å². The Balaban J connectivity index is 2.22. The van der Waals surface area contributed by atoms with Crippen molar-refractivity contribution in [3.63, 3.8) is 0 Å². The van der Waals surface area contributed by atoms with E-state index < -0.39 is 0 Å². The van der Waals surface area contributed by atoms with E-state index >= 15 is 0 Å². The van der Waals surface area contributed by atoms with E-state index in [0.29, 0.717) is 12.1 Å². The van der Waals surface area contributed by atoms with Gasteiger partial charge in [-0.05, 0) is 66.7 Å². The summed E-state index contributed by atoms with van der Waals surface area (Å²) in [5, 5.41) is 0. The SMILES string of the molecule is CCC(N)C(c1ccc(Br)s1)N1CCC(C)CC1C. The smallest absolute Gasteiger partial charge is 0.0702 e. The minimum atomic E-state index is 0.224. The van der Waals surface area contributed by atoms with E-state index in [1.165, 1.54) is 28.0 Å². The third kappa shape index (κ3) is 3.60. The lowest BCUT2D eigenvalue weighted by molar-refractivity contribution is 0.0689. The Bertz CT molecular complexity index is 407. The third-order valence-electron chi connectivity index (χ3n) is 4.31. The molecule has 0 bridgehead atoms. The van der Waals surface area contributed by atoms with E-state index in [1.54, 1.807) is 0 Å². The second-order valence-electron chi connectivity index (χ2n) is 5.88. The third-order valence-corrected chi connectivity index (χ3v) is 6.00. The number of hydrogen-bond donors (Lipinski definition) is 1. The Morgan fingerprint density at radius 3 is 2.74 bits per heavy atom. The molecule has 1 aromatic rings. The van der Waals surface area contributed by atoms with Gasteiger partial charge < -0.3 is 5.73 Å². The van der Waals surface area contributed by atoms with E-state index in [2.05, 4.69) is 53.7 Å². The average molecular weight is 345 g/mol. The van der Waals surface area contributed by atoms with E-state index in [-0.39, 0.29) is 6.04 Å². The second kappa shape index (κ2) is 6.70. The van der Waals surface area contributed by atoms with Gasteiger partial charge in [0.15, 0.2) is 0 Å². The molecule has 4 unspecified atom stereocenters. The van der Waals surface area contributed by atoms with Crippen molar-refractivity contribution in [2.45, 2.75) is 58.2 Å². The maximum Gasteiger partial charge on any atom is 0.0702 e. The van der Waals surface area contributed by atoms with Gasteiger partial charge in [0, 0.05) is 17.0 Å². The van der Waals surface area contributed by atoms with Crippen LogP contribution in [-0.2, 0) is 0 Å². The Morgan fingerprint density at radius 1 is 1.47 bits per heavy atom. The van der Waals surface area contributed by atoms with Crippen LogP contribution in [0.15, 0.2) is 15.9 Å². The fraction of sp³-hybridized carbons (Fsp3) is 0.733. The number of likely N-dealkylation sites (tertiary alicyclic amines) is 1. The first-order valence-corrected chi connectivity index (χ1v) is 8.90. The van der Waals surface area contributed by atoms with Crippen LogP contribution in [0.1, 0.15) is 51.0 Å². The van der Waals surface area contributed by atoms with Crippen LogP contribution in [0.5, 0.6) is 0 Å². The fourth-order valence-corrected chi connectivity index (χ4v) is 4.79. The monoisotopic (exact) mass is 344 g/mol. The lowest BCUT2D eigenvalue weighted by Crippen LogP contribution is -2.48. The molecule has 2 rings (SSSR count). The summed E-state index contributed by atoms with van der Waals surface area (Å²) in [6.45, 7) is 8.09. The Hall–Kier alpha value is 0.1000. The molecule has 2 heterocycles. The van der Waals surface area contributed by atoms with Crippen molar-refractivity contribution in [1.29, 1.82) is 0 Å². The second-order valence-corrected chi connectivity index (χ2v) is 8.37. The van der Waals surface area contributed by atoms with Crippen LogP contribution in [-0.4, -0.2) is 23.5 Å². The Kier molecular flexibility index (Phi) is 5.46. The van der Waals surface area contributed by atoms with Crippen molar-refractivity contribution in [3.05, 3.63) is 20.8 Å². The van der Waals surface area contributed by atoms with Crippen molar-refractivity contribution in [1.82, 2.24) is 4.90 Å². The molecule has 19 heavy (non-hydrogen) atoms. The summed E-state index contributed by atoms with van der Waals surface area (Å²) in [5.41, 5.74) is 6.44. The van der Waals surface area contributed by atoms with E-state index in [1.807, 2.05) is 11.3 Å². The minimum absolute atomic E-state index is 0.224. The maximum atomic E-state index is 6.44. The summed E-state index contributed by atoms with van der Waals surface area (Å²) in [6.07, 6.45) is 3.61. The molecule has 4 heteroatoms. The molecule has 1 aliphatic rings. The molecule has 108 valence electrons. The largest absolute Gasteiger partial charge is 0.326 e. The van der Waals surface area contributed by atoms with Gasteiger partial charge in [-0.3, -0.25) is 4.90 Å². The van der Waals surface area contributed by atoms with E-state index in [9.17, 15) is 0 Å². The lowest BCUT2D eigenvalue weighted by atomic mass is 9.90. The Labute approximate surface area is 129 Å². The van der Waals surface area contributed by atoms with Gasteiger partial charge in [0.2, 0.25) is 0 Å². The van der Waals surface area contributed by atoms with Crippen molar-refractivity contribution < 1.29 is 0 Å². The predicted octanol–water partition coefficient (Wildman–Crippen LogP) is 4.41. The zero-order chi connectivity index (χ0) is 14.0. The Morgan fingerprint density at radius 2 is 2.21 bits per heavy atom. The van der Waals surface area contributed by atoms with Crippen LogP contribution in [0.4, 0.5) is 0 Å². The van der Waals surface area contributed by atoms with Gasteiger partial charge in [-0.1, -0.05) is 13.8 Å². The predicted molar refractivity (Wildman–Crippen MR) is 87.6 cm³/mol. The van der Waals surface area contributed by atoms with Crippen LogP contribution >= 0.6 is 27.3 Å². The summed E-state index contributed by atoms with van der Waals surface area (Å²) in [5.74, 6) is 0.847. The molecule has 0 amide bonds. The van der Waals surface area contributed by atoms with Crippen LogP contribution in [0, 0.1) is 5.92 Å². The molecule has 2 nitrogen and oxygen atoms in total. The summed E-state index contributed by atoms with van der Waals surface area (Å²) >= 11 is 5.41. The summed E-state index contributed by atoms with van der Waals surface area (Å²) < 4.78 is 1.20. The topological polar surface area (TPSA) is 29.3 Å². The summed E-state index contributed by atoms with van der Waals surface area (Å²) in [6, 6.07) is 5.61. The van der Waals surface area contributed by atoms with E-state index in [4.69, 9.17) is 5.73 Å². The van der Waals surface area contributed by atoms with Crippen LogP contribution in [0.2, 0.25) is 0 Å². The molecule has 1 aliphatic heterocycles. The van der Waals surface area contributed by atoms with Crippen molar-refractivity contribution in [2.75, 3.05) is 6.54 Å². The standard InChI is InChI=1S/C15H25BrN2S/c1-4-12(17)15(13-5-6-14(16)19-13)18-8-7-10(2)9-11(18)3/h5-6,10-12,15H,4,7-9,17H2,1-3H3. The molecule has 2 N–H and O–H groups in total. The normalized spacial score (nSPS) is 28.3. The molecule has 0 saturated carbocycles. The number of rotatable bonds is 4. The molecule has 4 atom stereocenters. The lowest BCUT2D eigenvalue weighted by Gasteiger charge is -2.43. The fourth-order valence-electron chi connectivity index (χ4n) is 3.17. The minimum Gasteiger partial charge on any atom is -0.326 e. The number of nitrogens with two attached hydrogens (primary N) is 1. The number of piperidine rings is 1. The number of nitrogens with zero attached hydrogens (tertiary/aromatic N) is 1. The van der Waals surface area contributed by atoms with Gasteiger partial charge in [-0.25, -0.2) is 0 Å². The average Bonchev–Trinajstić information content (AvgIpc) is 2.78. The number of thiophene rings is 1. The molecule has 1 aromatic heterocycles. The van der Waals surface area contributed by atoms with Crippen molar-refractivity contribution in [3.8, 4) is 0 Å². The molecular formula is C15H25BrN2S. The first kappa shape index (κ1) is 15.5. The number of halogens is 1. The van der Waals surface area contributed by atoms with Crippen LogP contribution in [0.25, 0.3) is 0 Å². The number of hydrogen-bond acceptors (Lipinski definition) is 3. The van der Waals surface area contributed by atoms with Crippen LogP contribution < -0.4 is 5.73 Å². The molecule has 0 spiro atoms.